The van der Waals surface area contributed by atoms with E-state index in [1.807, 2.05) is 18.2 Å². The summed E-state index contributed by atoms with van der Waals surface area (Å²) in [4.78, 5) is 17.0. The van der Waals surface area contributed by atoms with E-state index in [2.05, 4.69) is 11.9 Å². The highest BCUT2D eigenvalue weighted by Crippen LogP contribution is 2.16. The minimum atomic E-state index is 0.0656. The second kappa shape index (κ2) is 5.75. The largest absolute Gasteiger partial charge is 0.381 e. The molecule has 1 aliphatic heterocycles. The van der Waals surface area contributed by atoms with Crippen molar-refractivity contribution in [3.63, 3.8) is 0 Å². The average Bonchev–Trinajstić information content (AvgIpc) is 2.51. The maximum absolute atomic E-state index is 12.6. The SMILES string of the molecule is CCc1ccc2ncn(C[C@@H]3CCCOC3)c(=O)c2c1. The van der Waals surface area contributed by atoms with Gasteiger partial charge in [0.1, 0.15) is 0 Å². The molecular weight excluding hydrogens is 252 g/mol. The van der Waals surface area contributed by atoms with Crippen LogP contribution in [0.25, 0.3) is 10.9 Å². The molecule has 2 aromatic rings. The summed E-state index contributed by atoms with van der Waals surface area (Å²) in [7, 11) is 0. The highest BCUT2D eigenvalue weighted by atomic mass is 16.5. The van der Waals surface area contributed by atoms with E-state index >= 15 is 0 Å². The van der Waals surface area contributed by atoms with E-state index in [-0.39, 0.29) is 5.56 Å². The van der Waals surface area contributed by atoms with E-state index in [0.717, 1.165) is 43.4 Å². The lowest BCUT2D eigenvalue weighted by Crippen LogP contribution is -2.28. The summed E-state index contributed by atoms with van der Waals surface area (Å²) in [6.45, 7) is 4.40. The van der Waals surface area contributed by atoms with Crippen molar-refractivity contribution in [3.05, 3.63) is 40.4 Å². The molecule has 1 fully saturated rings. The Balaban J connectivity index is 1.95. The number of rotatable bonds is 3. The Morgan fingerprint density at radius 2 is 2.35 bits per heavy atom. The zero-order chi connectivity index (χ0) is 13.9. The molecule has 0 radical (unpaired) electrons. The molecule has 3 rings (SSSR count). The molecule has 4 heteroatoms. The minimum absolute atomic E-state index is 0.0656. The van der Waals surface area contributed by atoms with Crippen LogP contribution in [0.15, 0.2) is 29.3 Å². The highest BCUT2D eigenvalue weighted by molar-refractivity contribution is 5.78. The molecule has 20 heavy (non-hydrogen) atoms. The van der Waals surface area contributed by atoms with Gasteiger partial charge >= 0.3 is 0 Å². The number of hydrogen-bond donors (Lipinski definition) is 0. The van der Waals surface area contributed by atoms with Gasteiger partial charge in [0.2, 0.25) is 0 Å². The summed E-state index contributed by atoms with van der Waals surface area (Å²) in [5.74, 6) is 0.426. The quantitative estimate of drug-likeness (QED) is 0.861. The topological polar surface area (TPSA) is 44.1 Å². The molecule has 1 aliphatic rings. The Labute approximate surface area is 118 Å². The third kappa shape index (κ3) is 2.61. The van der Waals surface area contributed by atoms with Crippen LogP contribution in [0.1, 0.15) is 25.3 Å². The first-order valence-corrected chi connectivity index (χ1v) is 7.33. The van der Waals surface area contributed by atoms with Gasteiger partial charge in [-0.15, -0.1) is 0 Å². The molecule has 0 amide bonds. The van der Waals surface area contributed by atoms with Gasteiger partial charge < -0.3 is 4.74 Å². The number of ether oxygens (including phenoxy) is 1. The van der Waals surface area contributed by atoms with Crippen molar-refractivity contribution >= 4 is 10.9 Å². The van der Waals surface area contributed by atoms with Crippen LogP contribution in [-0.2, 0) is 17.7 Å². The molecule has 0 saturated carbocycles. The van der Waals surface area contributed by atoms with Crippen LogP contribution in [0.4, 0.5) is 0 Å². The molecule has 4 nitrogen and oxygen atoms in total. The van der Waals surface area contributed by atoms with E-state index in [1.165, 1.54) is 5.56 Å². The van der Waals surface area contributed by atoms with Crippen molar-refractivity contribution in [1.29, 1.82) is 0 Å². The van der Waals surface area contributed by atoms with Crippen LogP contribution in [-0.4, -0.2) is 22.8 Å². The van der Waals surface area contributed by atoms with Gasteiger partial charge in [-0.3, -0.25) is 9.36 Å². The van der Waals surface area contributed by atoms with Crippen LogP contribution in [0, 0.1) is 5.92 Å². The van der Waals surface area contributed by atoms with E-state index < -0.39 is 0 Å². The van der Waals surface area contributed by atoms with E-state index in [9.17, 15) is 4.79 Å². The monoisotopic (exact) mass is 272 g/mol. The summed E-state index contributed by atoms with van der Waals surface area (Å²) in [6.07, 6.45) is 4.81. The predicted molar refractivity (Wildman–Crippen MR) is 78.9 cm³/mol. The lowest BCUT2D eigenvalue weighted by Gasteiger charge is -2.22. The molecule has 1 aromatic carbocycles. The number of aromatic nitrogens is 2. The van der Waals surface area contributed by atoms with Gasteiger partial charge in [-0.2, -0.15) is 0 Å². The second-order valence-electron chi connectivity index (χ2n) is 5.49. The molecule has 106 valence electrons. The van der Waals surface area contributed by atoms with Crippen molar-refractivity contribution in [2.45, 2.75) is 32.7 Å². The van der Waals surface area contributed by atoms with Crippen LogP contribution in [0.5, 0.6) is 0 Å². The zero-order valence-corrected chi connectivity index (χ0v) is 11.8. The predicted octanol–water partition coefficient (Wildman–Crippen LogP) is 2.39. The summed E-state index contributed by atoms with van der Waals surface area (Å²) >= 11 is 0. The molecule has 0 aliphatic carbocycles. The summed E-state index contributed by atoms with van der Waals surface area (Å²) in [6, 6.07) is 5.94. The molecule has 1 aromatic heterocycles. The number of hydrogen-bond acceptors (Lipinski definition) is 3. The Hall–Kier alpha value is -1.68. The van der Waals surface area contributed by atoms with Gasteiger partial charge in [-0.05, 0) is 37.0 Å². The molecule has 0 spiro atoms. The fraction of sp³-hybridized carbons (Fsp3) is 0.500. The number of benzene rings is 1. The van der Waals surface area contributed by atoms with Crippen LogP contribution in [0.3, 0.4) is 0 Å². The number of aryl methyl sites for hydroxylation is 1. The standard InChI is InChI=1S/C16H20N2O2/c1-2-12-5-6-15-14(8-12)16(19)18(11-17-15)9-13-4-3-7-20-10-13/h5-6,8,11,13H,2-4,7,9-10H2,1H3/t13-/m0/s1. The molecule has 0 N–H and O–H groups in total. The lowest BCUT2D eigenvalue weighted by molar-refractivity contribution is 0.0479. The van der Waals surface area contributed by atoms with Gasteiger partial charge in [0.25, 0.3) is 5.56 Å². The van der Waals surface area contributed by atoms with Gasteiger partial charge in [0.05, 0.1) is 23.8 Å². The van der Waals surface area contributed by atoms with Crippen molar-refractivity contribution < 1.29 is 4.74 Å². The maximum atomic E-state index is 12.6. The summed E-state index contributed by atoms with van der Waals surface area (Å²) < 4.78 is 7.22. The third-order valence-corrected chi connectivity index (χ3v) is 4.01. The molecule has 0 bridgehead atoms. The lowest BCUT2D eigenvalue weighted by atomic mass is 10.0. The van der Waals surface area contributed by atoms with Gasteiger partial charge in [-0.1, -0.05) is 13.0 Å². The van der Waals surface area contributed by atoms with Crippen molar-refractivity contribution in [2.75, 3.05) is 13.2 Å². The van der Waals surface area contributed by atoms with Gasteiger partial charge in [0, 0.05) is 19.1 Å². The molecule has 1 atom stereocenters. The summed E-state index contributed by atoms with van der Waals surface area (Å²) in [5.41, 5.74) is 2.02. The van der Waals surface area contributed by atoms with Crippen LogP contribution in [0.2, 0.25) is 0 Å². The normalized spacial score (nSPS) is 19.4. The average molecular weight is 272 g/mol. The Bertz CT molecular complexity index is 657. The van der Waals surface area contributed by atoms with Crippen LogP contribution >= 0.6 is 0 Å². The second-order valence-corrected chi connectivity index (χ2v) is 5.49. The van der Waals surface area contributed by atoms with Crippen molar-refractivity contribution in [3.8, 4) is 0 Å². The van der Waals surface area contributed by atoms with E-state index in [1.54, 1.807) is 10.9 Å². The zero-order valence-electron chi connectivity index (χ0n) is 11.8. The number of fused-ring (bicyclic) bond motifs is 1. The van der Waals surface area contributed by atoms with E-state index in [0.29, 0.717) is 12.5 Å². The molecule has 0 unspecified atom stereocenters. The first-order valence-electron chi connectivity index (χ1n) is 7.33. The first-order chi connectivity index (χ1) is 9.78. The Kier molecular flexibility index (Phi) is 3.83. The van der Waals surface area contributed by atoms with Gasteiger partial charge in [-0.25, -0.2) is 4.98 Å². The fourth-order valence-electron chi connectivity index (χ4n) is 2.79. The smallest absolute Gasteiger partial charge is 0.261 e. The van der Waals surface area contributed by atoms with Crippen molar-refractivity contribution in [1.82, 2.24) is 9.55 Å². The fourth-order valence-corrected chi connectivity index (χ4v) is 2.79. The van der Waals surface area contributed by atoms with Crippen molar-refractivity contribution in [2.24, 2.45) is 5.92 Å². The van der Waals surface area contributed by atoms with Crippen LogP contribution < -0.4 is 5.56 Å². The number of nitrogens with zero attached hydrogens (tertiary/aromatic N) is 2. The Morgan fingerprint density at radius 3 is 3.10 bits per heavy atom. The third-order valence-electron chi connectivity index (χ3n) is 4.01. The molecule has 2 heterocycles. The molecular formula is C16H20N2O2. The minimum Gasteiger partial charge on any atom is -0.381 e. The summed E-state index contributed by atoms with van der Waals surface area (Å²) in [5, 5.41) is 0.726. The maximum Gasteiger partial charge on any atom is 0.261 e. The first kappa shape index (κ1) is 13.3. The van der Waals surface area contributed by atoms with E-state index in [4.69, 9.17) is 4.74 Å². The Morgan fingerprint density at radius 1 is 1.45 bits per heavy atom. The molecule has 1 saturated heterocycles. The highest BCUT2D eigenvalue weighted by Gasteiger charge is 2.15. The van der Waals surface area contributed by atoms with Gasteiger partial charge in [0.15, 0.2) is 0 Å².